The zero-order valence-corrected chi connectivity index (χ0v) is 13.4. The van der Waals surface area contributed by atoms with Gasteiger partial charge < -0.3 is 10.5 Å². The van der Waals surface area contributed by atoms with Crippen LogP contribution in [0.4, 0.5) is 11.4 Å². The summed E-state index contributed by atoms with van der Waals surface area (Å²) in [6.07, 6.45) is 0. The molecule has 1 aliphatic heterocycles. The van der Waals surface area contributed by atoms with Crippen LogP contribution < -0.4 is 15.4 Å². The quantitative estimate of drug-likeness (QED) is 0.883. The summed E-state index contributed by atoms with van der Waals surface area (Å²) >= 11 is 1.62. The number of hydrogen-bond donors (Lipinski definition) is 1. The Morgan fingerprint density at radius 3 is 2.64 bits per heavy atom. The summed E-state index contributed by atoms with van der Waals surface area (Å²) in [5, 5.41) is -0.0520. The monoisotopic (exact) mass is 314 g/mol. The van der Waals surface area contributed by atoms with Crippen molar-refractivity contribution in [1.29, 1.82) is 0 Å². The fourth-order valence-electron chi connectivity index (χ4n) is 2.58. The van der Waals surface area contributed by atoms with Crippen molar-refractivity contribution in [2.75, 3.05) is 23.5 Å². The van der Waals surface area contributed by atoms with E-state index in [4.69, 9.17) is 10.5 Å². The third kappa shape index (κ3) is 2.64. The van der Waals surface area contributed by atoms with E-state index in [1.54, 1.807) is 18.9 Å². The highest BCUT2D eigenvalue weighted by Gasteiger charge is 2.35. The van der Waals surface area contributed by atoms with E-state index >= 15 is 0 Å². The summed E-state index contributed by atoms with van der Waals surface area (Å²) in [6.45, 7) is 2.01. The maximum atomic E-state index is 12.4. The highest BCUT2D eigenvalue weighted by molar-refractivity contribution is 8.00. The Hall–Kier alpha value is -2.14. The van der Waals surface area contributed by atoms with E-state index in [9.17, 15) is 4.79 Å². The number of nitrogens with zero attached hydrogens (tertiary/aromatic N) is 1. The van der Waals surface area contributed by atoms with Gasteiger partial charge in [0.2, 0.25) is 5.91 Å². The van der Waals surface area contributed by atoms with Crippen LogP contribution in [0.1, 0.15) is 16.5 Å². The summed E-state index contributed by atoms with van der Waals surface area (Å²) in [7, 11) is 1.63. The maximum absolute atomic E-state index is 12.4. The molecule has 2 aromatic rings. The molecule has 1 aliphatic rings. The van der Waals surface area contributed by atoms with Crippen molar-refractivity contribution < 1.29 is 9.53 Å². The number of aryl methyl sites for hydroxylation is 1. The van der Waals surface area contributed by atoms with Crippen LogP contribution in [0, 0.1) is 6.92 Å². The molecule has 1 amide bonds. The van der Waals surface area contributed by atoms with Gasteiger partial charge in [-0.25, -0.2) is 0 Å². The molecule has 0 saturated carbocycles. The topological polar surface area (TPSA) is 55.6 Å². The first kappa shape index (κ1) is 14.8. The molecule has 0 bridgehead atoms. The van der Waals surface area contributed by atoms with E-state index in [-0.39, 0.29) is 11.3 Å². The number of benzene rings is 2. The third-order valence-corrected chi connectivity index (χ3v) is 4.90. The van der Waals surface area contributed by atoms with Crippen molar-refractivity contribution in [2.45, 2.75) is 12.3 Å². The number of ether oxygens (including phenoxy) is 1. The predicted molar refractivity (Wildman–Crippen MR) is 91.3 cm³/mol. The molecule has 0 spiro atoms. The van der Waals surface area contributed by atoms with Gasteiger partial charge in [-0.05, 0) is 42.3 Å². The summed E-state index contributed by atoms with van der Waals surface area (Å²) < 4.78 is 5.44. The smallest absolute Gasteiger partial charge is 0.238 e. The van der Waals surface area contributed by atoms with Crippen LogP contribution >= 0.6 is 11.8 Å². The van der Waals surface area contributed by atoms with E-state index in [2.05, 4.69) is 0 Å². The molecule has 0 aromatic heterocycles. The first-order valence-corrected chi connectivity index (χ1v) is 8.09. The zero-order chi connectivity index (χ0) is 15.7. The fraction of sp³-hybridized carbons (Fsp3) is 0.235. The van der Waals surface area contributed by atoms with Crippen molar-refractivity contribution >= 4 is 29.0 Å². The third-order valence-electron chi connectivity index (χ3n) is 3.68. The van der Waals surface area contributed by atoms with Gasteiger partial charge >= 0.3 is 0 Å². The molecule has 2 aromatic carbocycles. The second kappa shape index (κ2) is 5.93. The molecule has 1 atom stereocenters. The van der Waals surface area contributed by atoms with Gasteiger partial charge in [0.1, 0.15) is 11.1 Å². The Kier molecular flexibility index (Phi) is 3.98. The molecule has 2 N–H and O–H groups in total. The van der Waals surface area contributed by atoms with Gasteiger partial charge in [0, 0.05) is 5.69 Å². The van der Waals surface area contributed by atoms with Crippen LogP contribution in [0.15, 0.2) is 42.5 Å². The molecule has 1 saturated heterocycles. The van der Waals surface area contributed by atoms with Crippen molar-refractivity contribution in [1.82, 2.24) is 0 Å². The number of thioether (sulfide) groups is 1. The van der Waals surface area contributed by atoms with Gasteiger partial charge in [-0.3, -0.25) is 9.69 Å². The van der Waals surface area contributed by atoms with Crippen LogP contribution in [-0.4, -0.2) is 18.8 Å². The Balaban J connectivity index is 2.05. The maximum Gasteiger partial charge on any atom is 0.238 e. The SMILES string of the molecule is COc1ccc(C)cc1N1C(=O)CSC1c1ccc(N)cc1. The van der Waals surface area contributed by atoms with E-state index in [0.717, 1.165) is 22.5 Å². The van der Waals surface area contributed by atoms with Gasteiger partial charge in [0.25, 0.3) is 0 Å². The van der Waals surface area contributed by atoms with Crippen LogP contribution in [0.5, 0.6) is 5.75 Å². The van der Waals surface area contributed by atoms with E-state index in [1.807, 2.05) is 54.3 Å². The van der Waals surface area contributed by atoms with Crippen LogP contribution in [0.2, 0.25) is 0 Å². The minimum Gasteiger partial charge on any atom is -0.495 e. The first-order valence-electron chi connectivity index (χ1n) is 7.04. The number of nitrogens with two attached hydrogens (primary N) is 1. The molecule has 1 heterocycles. The highest BCUT2D eigenvalue weighted by atomic mass is 32.2. The van der Waals surface area contributed by atoms with E-state index in [1.165, 1.54) is 0 Å². The van der Waals surface area contributed by atoms with Crippen molar-refractivity contribution in [3.05, 3.63) is 53.6 Å². The number of anilines is 2. The molecule has 114 valence electrons. The summed E-state index contributed by atoms with van der Waals surface area (Å²) in [4.78, 5) is 14.3. The number of amides is 1. The molecule has 0 radical (unpaired) electrons. The molecular formula is C17H18N2O2S. The van der Waals surface area contributed by atoms with E-state index in [0.29, 0.717) is 11.5 Å². The largest absolute Gasteiger partial charge is 0.495 e. The van der Waals surface area contributed by atoms with Crippen molar-refractivity contribution in [3.8, 4) is 5.75 Å². The number of methoxy groups -OCH3 is 1. The minimum absolute atomic E-state index is 0.0520. The molecule has 22 heavy (non-hydrogen) atoms. The molecule has 0 aliphatic carbocycles. The normalized spacial score (nSPS) is 17.8. The van der Waals surface area contributed by atoms with Crippen LogP contribution in [0.3, 0.4) is 0 Å². The van der Waals surface area contributed by atoms with E-state index < -0.39 is 0 Å². The lowest BCUT2D eigenvalue weighted by Gasteiger charge is -2.26. The zero-order valence-electron chi connectivity index (χ0n) is 12.6. The van der Waals surface area contributed by atoms with Gasteiger partial charge in [-0.1, -0.05) is 18.2 Å². The number of nitrogen functional groups attached to an aromatic ring is 1. The Labute approximate surface area is 134 Å². The number of carbonyl (C=O) groups excluding carboxylic acids is 1. The summed E-state index contributed by atoms with van der Waals surface area (Å²) in [5.41, 5.74) is 9.45. The molecule has 3 rings (SSSR count). The van der Waals surface area contributed by atoms with Crippen LogP contribution in [-0.2, 0) is 4.79 Å². The molecule has 5 heteroatoms. The van der Waals surface area contributed by atoms with Gasteiger partial charge in [-0.15, -0.1) is 11.8 Å². The summed E-state index contributed by atoms with van der Waals surface area (Å²) in [5.74, 6) is 1.27. The van der Waals surface area contributed by atoms with Crippen LogP contribution in [0.25, 0.3) is 0 Å². The number of hydrogen-bond acceptors (Lipinski definition) is 4. The Morgan fingerprint density at radius 2 is 1.95 bits per heavy atom. The van der Waals surface area contributed by atoms with Crippen molar-refractivity contribution in [3.63, 3.8) is 0 Å². The lowest BCUT2D eigenvalue weighted by molar-refractivity contribution is -0.115. The minimum atomic E-state index is -0.0520. The predicted octanol–water partition coefficient (Wildman–Crippen LogP) is 3.36. The molecule has 4 nitrogen and oxygen atoms in total. The number of carbonyl (C=O) groups is 1. The Bertz CT molecular complexity index is 700. The lowest BCUT2D eigenvalue weighted by Crippen LogP contribution is -2.28. The molecular weight excluding hydrogens is 296 g/mol. The van der Waals surface area contributed by atoms with Gasteiger partial charge in [0.15, 0.2) is 0 Å². The standard InChI is InChI=1S/C17H18N2O2S/c1-11-3-8-15(21-2)14(9-11)19-16(20)10-22-17(19)12-4-6-13(18)7-5-12/h3-9,17H,10,18H2,1-2H3. The molecule has 1 fully saturated rings. The molecule has 1 unspecified atom stereocenters. The average molecular weight is 314 g/mol. The summed E-state index contributed by atoms with van der Waals surface area (Å²) in [6, 6.07) is 13.6. The number of rotatable bonds is 3. The average Bonchev–Trinajstić information content (AvgIpc) is 2.89. The lowest BCUT2D eigenvalue weighted by atomic mass is 10.1. The Morgan fingerprint density at radius 1 is 1.23 bits per heavy atom. The second-order valence-corrected chi connectivity index (χ2v) is 6.34. The van der Waals surface area contributed by atoms with Gasteiger partial charge in [0.05, 0.1) is 18.6 Å². The van der Waals surface area contributed by atoms with Crippen molar-refractivity contribution in [2.24, 2.45) is 0 Å². The highest BCUT2D eigenvalue weighted by Crippen LogP contribution is 2.45. The first-order chi connectivity index (χ1) is 10.6. The van der Waals surface area contributed by atoms with Gasteiger partial charge in [-0.2, -0.15) is 0 Å². The second-order valence-electron chi connectivity index (χ2n) is 5.27. The fourth-order valence-corrected chi connectivity index (χ4v) is 3.75.